The van der Waals surface area contributed by atoms with E-state index in [9.17, 15) is 13.2 Å². The summed E-state index contributed by atoms with van der Waals surface area (Å²) >= 11 is 0. The fraction of sp³-hybridized carbons (Fsp3) is 0.316. The van der Waals surface area contributed by atoms with E-state index in [-0.39, 0.29) is 16.9 Å². The Kier molecular flexibility index (Phi) is 5.41. The molecule has 1 N–H and O–H groups in total. The normalized spacial score (nSPS) is 18.5. The Morgan fingerprint density at radius 3 is 2.69 bits per heavy atom. The van der Waals surface area contributed by atoms with E-state index in [4.69, 9.17) is 4.74 Å². The molecule has 138 valence electrons. The molecule has 1 amide bonds. The molecule has 3 rings (SSSR count). The zero-order valence-corrected chi connectivity index (χ0v) is 15.6. The minimum Gasteiger partial charge on any atom is -0.376 e. The van der Waals surface area contributed by atoms with Crippen LogP contribution in [0.1, 0.15) is 22.8 Å². The smallest absolute Gasteiger partial charge is 0.255 e. The van der Waals surface area contributed by atoms with Crippen LogP contribution < -0.4 is 5.32 Å². The van der Waals surface area contributed by atoms with Crippen molar-refractivity contribution in [2.75, 3.05) is 25.0 Å². The Morgan fingerprint density at radius 2 is 1.96 bits per heavy atom. The number of hydrogen-bond donors (Lipinski definition) is 1. The monoisotopic (exact) mass is 374 g/mol. The molecule has 1 aliphatic heterocycles. The van der Waals surface area contributed by atoms with Crippen molar-refractivity contribution in [3.05, 3.63) is 59.7 Å². The van der Waals surface area contributed by atoms with Crippen LogP contribution in [0.3, 0.4) is 0 Å². The van der Waals surface area contributed by atoms with E-state index in [1.54, 1.807) is 12.1 Å². The summed E-state index contributed by atoms with van der Waals surface area (Å²) < 4.78 is 32.5. The molecular formula is C19H22N2O4S. The largest absolute Gasteiger partial charge is 0.376 e. The van der Waals surface area contributed by atoms with Gasteiger partial charge in [0, 0.05) is 24.3 Å². The summed E-state index contributed by atoms with van der Waals surface area (Å²) in [4.78, 5) is 12.6. The van der Waals surface area contributed by atoms with Crippen LogP contribution in [-0.2, 0) is 14.8 Å². The number of benzene rings is 2. The number of ether oxygens (including phenoxy) is 1. The van der Waals surface area contributed by atoms with Crippen LogP contribution >= 0.6 is 0 Å². The number of para-hydroxylation sites is 1. The van der Waals surface area contributed by atoms with E-state index in [1.807, 2.05) is 38.1 Å². The molecule has 2 aromatic rings. The van der Waals surface area contributed by atoms with Crippen LogP contribution in [0.25, 0.3) is 0 Å². The number of rotatable bonds is 4. The summed E-state index contributed by atoms with van der Waals surface area (Å²) in [5.41, 5.74) is 1.94. The zero-order valence-electron chi connectivity index (χ0n) is 14.8. The number of anilines is 1. The van der Waals surface area contributed by atoms with E-state index in [1.165, 1.54) is 16.4 Å². The molecule has 0 aromatic heterocycles. The molecule has 0 aliphatic carbocycles. The molecule has 26 heavy (non-hydrogen) atoms. The summed E-state index contributed by atoms with van der Waals surface area (Å²) in [6.07, 6.45) is -0.147. The highest BCUT2D eigenvalue weighted by Gasteiger charge is 2.29. The third-order valence-corrected chi connectivity index (χ3v) is 6.19. The van der Waals surface area contributed by atoms with Crippen molar-refractivity contribution < 1.29 is 17.9 Å². The van der Waals surface area contributed by atoms with Gasteiger partial charge in [0.15, 0.2) is 0 Å². The third-order valence-electron chi connectivity index (χ3n) is 4.33. The first-order valence-electron chi connectivity index (χ1n) is 8.47. The van der Waals surface area contributed by atoms with Gasteiger partial charge in [-0.05, 0) is 43.7 Å². The number of nitrogens with zero attached hydrogens (tertiary/aromatic N) is 1. The van der Waals surface area contributed by atoms with Gasteiger partial charge in [-0.3, -0.25) is 4.79 Å². The lowest BCUT2D eigenvalue weighted by molar-refractivity contribution is 0.0102. The van der Waals surface area contributed by atoms with Crippen LogP contribution in [0.2, 0.25) is 0 Å². The predicted octanol–water partition coefficient (Wildman–Crippen LogP) is 2.66. The molecule has 0 bridgehead atoms. The zero-order chi connectivity index (χ0) is 18.7. The first kappa shape index (κ1) is 18.6. The van der Waals surface area contributed by atoms with Gasteiger partial charge >= 0.3 is 0 Å². The number of hydrogen-bond acceptors (Lipinski definition) is 4. The maximum absolute atomic E-state index is 12.9. The average Bonchev–Trinajstić information content (AvgIpc) is 2.63. The van der Waals surface area contributed by atoms with E-state index in [0.29, 0.717) is 30.9 Å². The number of sulfonamides is 1. The van der Waals surface area contributed by atoms with Crippen molar-refractivity contribution >= 4 is 21.6 Å². The molecule has 0 spiro atoms. The fourth-order valence-electron chi connectivity index (χ4n) is 2.86. The minimum absolute atomic E-state index is 0.115. The number of nitrogens with one attached hydrogen (secondary N) is 1. The van der Waals surface area contributed by atoms with E-state index >= 15 is 0 Å². The van der Waals surface area contributed by atoms with Gasteiger partial charge < -0.3 is 10.1 Å². The molecule has 6 nitrogen and oxygen atoms in total. The molecule has 0 saturated carbocycles. The minimum atomic E-state index is -3.66. The van der Waals surface area contributed by atoms with Gasteiger partial charge in [-0.1, -0.05) is 24.3 Å². The molecular weight excluding hydrogens is 352 g/mol. The van der Waals surface area contributed by atoms with Crippen LogP contribution in [-0.4, -0.2) is 44.4 Å². The number of carbonyl (C=O) groups is 1. The highest BCUT2D eigenvalue weighted by atomic mass is 32.2. The Bertz CT molecular complexity index is 911. The van der Waals surface area contributed by atoms with Gasteiger partial charge in [0.25, 0.3) is 5.91 Å². The number of morpholine rings is 1. The molecule has 1 fully saturated rings. The van der Waals surface area contributed by atoms with Crippen molar-refractivity contribution in [3.63, 3.8) is 0 Å². The Labute approximate surface area is 153 Å². The lowest BCUT2D eigenvalue weighted by Gasteiger charge is -2.30. The van der Waals surface area contributed by atoms with Crippen molar-refractivity contribution in [2.24, 2.45) is 0 Å². The van der Waals surface area contributed by atoms with E-state index in [0.717, 1.165) is 5.56 Å². The summed E-state index contributed by atoms with van der Waals surface area (Å²) in [6, 6.07) is 13.6. The first-order chi connectivity index (χ1) is 12.4. The first-order valence-corrected chi connectivity index (χ1v) is 9.91. The van der Waals surface area contributed by atoms with E-state index < -0.39 is 10.0 Å². The van der Waals surface area contributed by atoms with Crippen LogP contribution in [0, 0.1) is 6.92 Å². The molecule has 1 heterocycles. The van der Waals surface area contributed by atoms with Crippen molar-refractivity contribution in [1.82, 2.24) is 4.31 Å². The van der Waals surface area contributed by atoms with Gasteiger partial charge in [-0.25, -0.2) is 8.42 Å². The Balaban J connectivity index is 1.83. The highest BCUT2D eigenvalue weighted by Crippen LogP contribution is 2.21. The van der Waals surface area contributed by atoms with Crippen molar-refractivity contribution in [2.45, 2.75) is 24.8 Å². The second kappa shape index (κ2) is 7.57. The molecule has 1 aliphatic rings. The molecule has 2 aromatic carbocycles. The van der Waals surface area contributed by atoms with Crippen molar-refractivity contribution in [3.8, 4) is 0 Å². The molecule has 1 atom stereocenters. The van der Waals surface area contributed by atoms with Crippen LogP contribution in [0.4, 0.5) is 5.69 Å². The predicted molar refractivity (Wildman–Crippen MR) is 99.7 cm³/mol. The maximum atomic E-state index is 12.9. The topological polar surface area (TPSA) is 75.7 Å². The SMILES string of the molecule is Cc1ccccc1NC(=O)c1cccc(S(=O)(=O)N2CCOC(C)C2)c1. The number of carbonyl (C=O) groups excluding carboxylic acids is 1. The number of aryl methyl sites for hydroxylation is 1. The lowest BCUT2D eigenvalue weighted by atomic mass is 10.1. The van der Waals surface area contributed by atoms with Gasteiger partial charge in [0.2, 0.25) is 10.0 Å². The standard InChI is InChI=1S/C19H22N2O4S/c1-14-6-3-4-9-18(14)20-19(22)16-7-5-8-17(12-16)26(23,24)21-10-11-25-15(2)13-21/h3-9,12,15H,10-11,13H2,1-2H3,(H,20,22). The second-order valence-electron chi connectivity index (χ2n) is 6.34. The molecule has 1 unspecified atom stereocenters. The van der Waals surface area contributed by atoms with Gasteiger partial charge in [0.1, 0.15) is 0 Å². The quantitative estimate of drug-likeness (QED) is 0.893. The lowest BCUT2D eigenvalue weighted by Crippen LogP contribution is -2.44. The molecule has 0 radical (unpaired) electrons. The van der Waals surface area contributed by atoms with Gasteiger partial charge in [-0.15, -0.1) is 0 Å². The third kappa shape index (κ3) is 3.95. The van der Waals surface area contributed by atoms with Crippen LogP contribution in [0.15, 0.2) is 53.4 Å². The fourth-order valence-corrected chi connectivity index (χ4v) is 4.40. The molecule has 7 heteroatoms. The highest BCUT2D eigenvalue weighted by molar-refractivity contribution is 7.89. The molecule has 1 saturated heterocycles. The summed E-state index contributed by atoms with van der Waals surface area (Å²) in [5, 5.41) is 2.82. The Morgan fingerprint density at radius 1 is 1.19 bits per heavy atom. The van der Waals surface area contributed by atoms with Crippen molar-refractivity contribution in [1.29, 1.82) is 0 Å². The number of amides is 1. The summed E-state index contributed by atoms with van der Waals surface area (Å²) in [7, 11) is -3.66. The van der Waals surface area contributed by atoms with E-state index in [2.05, 4.69) is 5.32 Å². The van der Waals surface area contributed by atoms with Gasteiger partial charge in [0.05, 0.1) is 17.6 Å². The maximum Gasteiger partial charge on any atom is 0.255 e. The average molecular weight is 374 g/mol. The second-order valence-corrected chi connectivity index (χ2v) is 8.28. The summed E-state index contributed by atoms with van der Waals surface area (Å²) in [6.45, 7) is 4.73. The van der Waals surface area contributed by atoms with Crippen LogP contribution in [0.5, 0.6) is 0 Å². The summed E-state index contributed by atoms with van der Waals surface area (Å²) in [5.74, 6) is -0.341. The Hall–Kier alpha value is -2.22. The van der Waals surface area contributed by atoms with Gasteiger partial charge in [-0.2, -0.15) is 4.31 Å².